The molecular weight excluding hydrogens is 186 g/mol. The zero-order valence-electron chi connectivity index (χ0n) is 10.2. The zero-order chi connectivity index (χ0) is 10.7. The zero-order valence-corrected chi connectivity index (χ0v) is 10.2. The van der Waals surface area contributed by atoms with Crippen molar-refractivity contribution in [1.82, 2.24) is 5.32 Å². The van der Waals surface area contributed by atoms with Crippen LogP contribution in [0.3, 0.4) is 0 Å². The van der Waals surface area contributed by atoms with Crippen LogP contribution in [-0.2, 0) is 4.74 Å². The lowest BCUT2D eigenvalue weighted by molar-refractivity contribution is 0.0515. The van der Waals surface area contributed by atoms with Crippen LogP contribution in [0.25, 0.3) is 0 Å². The molecule has 0 aromatic carbocycles. The van der Waals surface area contributed by atoms with Crippen LogP contribution in [0.15, 0.2) is 0 Å². The molecule has 2 aliphatic rings. The molecule has 0 radical (unpaired) electrons. The van der Waals surface area contributed by atoms with Gasteiger partial charge in [0.25, 0.3) is 0 Å². The average Bonchev–Trinajstić information content (AvgIpc) is 2.66. The van der Waals surface area contributed by atoms with Crippen molar-refractivity contribution in [2.75, 3.05) is 13.2 Å². The van der Waals surface area contributed by atoms with Gasteiger partial charge in [0.15, 0.2) is 0 Å². The Morgan fingerprint density at radius 3 is 2.40 bits per heavy atom. The van der Waals surface area contributed by atoms with Crippen molar-refractivity contribution in [1.29, 1.82) is 0 Å². The first kappa shape index (κ1) is 11.4. The van der Waals surface area contributed by atoms with Crippen molar-refractivity contribution in [3.05, 3.63) is 0 Å². The smallest absolute Gasteiger partial charge is 0.0469 e. The number of hydrogen-bond acceptors (Lipinski definition) is 2. The lowest BCUT2D eigenvalue weighted by Crippen LogP contribution is -2.48. The molecular formula is C13H25NO. The summed E-state index contributed by atoms with van der Waals surface area (Å²) in [5, 5.41) is 3.87. The van der Waals surface area contributed by atoms with E-state index in [1.807, 2.05) is 0 Å². The summed E-state index contributed by atoms with van der Waals surface area (Å²) in [6, 6.07) is 0.664. The van der Waals surface area contributed by atoms with Crippen LogP contribution in [0.2, 0.25) is 0 Å². The molecule has 0 bridgehead atoms. The van der Waals surface area contributed by atoms with E-state index in [1.54, 1.807) is 0 Å². The van der Waals surface area contributed by atoms with Crippen LogP contribution < -0.4 is 5.32 Å². The van der Waals surface area contributed by atoms with E-state index in [0.717, 1.165) is 19.1 Å². The topological polar surface area (TPSA) is 21.3 Å². The van der Waals surface area contributed by atoms with Gasteiger partial charge < -0.3 is 10.1 Å². The quantitative estimate of drug-likeness (QED) is 0.775. The third kappa shape index (κ3) is 2.94. The number of nitrogens with one attached hydrogen (secondary N) is 1. The molecule has 1 aliphatic heterocycles. The minimum atomic E-state index is 0.428. The Hall–Kier alpha value is -0.0800. The van der Waals surface area contributed by atoms with E-state index < -0.39 is 0 Å². The number of rotatable bonds is 3. The maximum Gasteiger partial charge on any atom is 0.0469 e. The summed E-state index contributed by atoms with van der Waals surface area (Å²) in [4.78, 5) is 0. The highest BCUT2D eigenvalue weighted by molar-refractivity contribution is 4.91. The summed E-state index contributed by atoms with van der Waals surface area (Å²) in [6.45, 7) is 6.69. The van der Waals surface area contributed by atoms with Crippen LogP contribution in [-0.4, -0.2) is 24.8 Å². The molecule has 0 amide bonds. The molecule has 1 aliphatic carbocycles. The molecule has 0 spiro atoms. The Morgan fingerprint density at radius 2 is 1.80 bits per heavy atom. The van der Waals surface area contributed by atoms with Gasteiger partial charge in [0.1, 0.15) is 0 Å². The Morgan fingerprint density at radius 1 is 1.20 bits per heavy atom. The van der Waals surface area contributed by atoms with Crippen LogP contribution >= 0.6 is 0 Å². The van der Waals surface area contributed by atoms with Crippen LogP contribution in [0.5, 0.6) is 0 Å². The van der Waals surface area contributed by atoms with Gasteiger partial charge >= 0.3 is 0 Å². The van der Waals surface area contributed by atoms with Gasteiger partial charge in [0.05, 0.1) is 0 Å². The van der Waals surface area contributed by atoms with Crippen LogP contribution in [0.4, 0.5) is 0 Å². The SMILES string of the molecule is CC(NC1(C)CCCC1)C1CCOCC1. The second kappa shape index (κ2) is 4.84. The Labute approximate surface area is 93.8 Å². The Kier molecular flexibility index (Phi) is 3.68. The summed E-state index contributed by atoms with van der Waals surface area (Å²) >= 11 is 0. The normalized spacial score (nSPS) is 29.2. The van der Waals surface area contributed by atoms with E-state index in [9.17, 15) is 0 Å². The lowest BCUT2D eigenvalue weighted by atomic mass is 9.89. The number of ether oxygens (including phenoxy) is 1. The third-order valence-corrected chi connectivity index (χ3v) is 4.26. The van der Waals surface area contributed by atoms with Crippen molar-refractivity contribution in [3.63, 3.8) is 0 Å². The van der Waals surface area contributed by atoms with Gasteiger partial charge in [0.2, 0.25) is 0 Å². The van der Waals surface area contributed by atoms with Crippen molar-refractivity contribution >= 4 is 0 Å². The van der Waals surface area contributed by atoms with Gasteiger partial charge in [-0.05, 0) is 45.4 Å². The highest BCUT2D eigenvalue weighted by Gasteiger charge is 2.32. The van der Waals surface area contributed by atoms with Gasteiger partial charge in [0, 0.05) is 24.8 Å². The van der Waals surface area contributed by atoms with E-state index in [-0.39, 0.29) is 0 Å². The minimum absolute atomic E-state index is 0.428. The molecule has 1 heterocycles. The molecule has 1 unspecified atom stereocenters. The monoisotopic (exact) mass is 211 g/mol. The predicted octanol–water partition coefficient (Wildman–Crippen LogP) is 2.72. The van der Waals surface area contributed by atoms with Crippen LogP contribution in [0.1, 0.15) is 52.4 Å². The summed E-state index contributed by atoms with van der Waals surface area (Å²) in [5.74, 6) is 0.830. The van der Waals surface area contributed by atoms with Gasteiger partial charge in [-0.3, -0.25) is 0 Å². The fraction of sp³-hybridized carbons (Fsp3) is 1.00. The Bertz CT molecular complexity index is 193. The van der Waals surface area contributed by atoms with E-state index in [4.69, 9.17) is 4.74 Å². The second-order valence-electron chi connectivity index (χ2n) is 5.65. The van der Waals surface area contributed by atoms with Crippen LogP contribution in [0, 0.1) is 5.92 Å². The molecule has 1 saturated heterocycles. The van der Waals surface area contributed by atoms with Gasteiger partial charge in [-0.15, -0.1) is 0 Å². The first-order chi connectivity index (χ1) is 7.20. The lowest BCUT2D eigenvalue weighted by Gasteiger charge is -2.35. The maximum absolute atomic E-state index is 5.42. The summed E-state index contributed by atoms with van der Waals surface area (Å²) in [5.41, 5.74) is 0.428. The average molecular weight is 211 g/mol. The number of hydrogen-bond donors (Lipinski definition) is 1. The first-order valence-corrected chi connectivity index (χ1v) is 6.55. The molecule has 0 aromatic rings. The largest absolute Gasteiger partial charge is 0.381 e. The van der Waals surface area contributed by atoms with E-state index in [2.05, 4.69) is 19.2 Å². The van der Waals surface area contributed by atoms with Gasteiger partial charge in [-0.1, -0.05) is 12.8 Å². The van der Waals surface area contributed by atoms with Crippen molar-refractivity contribution in [3.8, 4) is 0 Å². The minimum Gasteiger partial charge on any atom is -0.381 e. The highest BCUT2D eigenvalue weighted by Crippen LogP contribution is 2.31. The molecule has 1 saturated carbocycles. The molecule has 2 heteroatoms. The first-order valence-electron chi connectivity index (χ1n) is 6.55. The van der Waals surface area contributed by atoms with E-state index in [1.165, 1.54) is 38.5 Å². The molecule has 2 nitrogen and oxygen atoms in total. The Balaban J connectivity index is 1.82. The maximum atomic E-state index is 5.42. The van der Waals surface area contributed by atoms with Gasteiger partial charge in [-0.25, -0.2) is 0 Å². The predicted molar refractivity (Wildman–Crippen MR) is 63.0 cm³/mol. The highest BCUT2D eigenvalue weighted by atomic mass is 16.5. The summed E-state index contributed by atoms with van der Waals surface area (Å²) < 4.78 is 5.42. The van der Waals surface area contributed by atoms with E-state index >= 15 is 0 Å². The van der Waals surface area contributed by atoms with Gasteiger partial charge in [-0.2, -0.15) is 0 Å². The standard InChI is InChI=1S/C13H25NO/c1-11(12-5-9-15-10-6-12)14-13(2)7-3-4-8-13/h11-12,14H,3-10H2,1-2H3. The third-order valence-electron chi connectivity index (χ3n) is 4.26. The molecule has 1 atom stereocenters. The molecule has 1 N–H and O–H groups in total. The summed E-state index contributed by atoms with van der Waals surface area (Å²) in [7, 11) is 0. The second-order valence-corrected chi connectivity index (χ2v) is 5.65. The van der Waals surface area contributed by atoms with Crippen molar-refractivity contribution < 1.29 is 4.74 Å². The van der Waals surface area contributed by atoms with E-state index in [0.29, 0.717) is 11.6 Å². The molecule has 88 valence electrons. The van der Waals surface area contributed by atoms with Crippen molar-refractivity contribution in [2.45, 2.75) is 64.0 Å². The fourth-order valence-corrected chi connectivity index (χ4v) is 3.18. The van der Waals surface area contributed by atoms with Crippen molar-refractivity contribution in [2.24, 2.45) is 5.92 Å². The molecule has 2 fully saturated rings. The molecule has 0 aromatic heterocycles. The summed E-state index contributed by atoms with van der Waals surface area (Å²) in [6.07, 6.45) is 8.02. The fourth-order valence-electron chi connectivity index (χ4n) is 3.18. The molecule has 2 rings (SSSR count). The molecule has 15 heavy (non-hydrogen) atoms.